The van der Waals surface area contributed by atoms with E-state index in [-0.39, 0.29) is 10.4 Å². The fraction of sp³-hybridized carbons (Fsp3) is 0.500. The van der Waals surface area contributed by atoms with Gasteiger partial charge < -0.3 is 14.2 Å². The first-order valence-corrected chi connectivity index (χ1v) is 9.76. The predicted molar refractivity (Wildman–Crippen MR) is 112 cm³/mol. The van der Waals surface area contributed by atoms with Gasteiger partial charge in [0.1, 0.15) is 17.7 Å². The zero-order chi connectivity index (χ0) is 19.8. The van der Waals surface area contributed by atoms with E-state index < -0.39 is 0 Å². The second-order valence-electron chi connectivity index (χ2n) is 5.42. The lowest BCUT2D eigenvalue weighted by atomic mass is 9.94. The Kier molecular flexibility index (Phi) is 15.5. The van der Waals surface area contributed by atoms with E-state index in [1.54, 1.807) is 18.8 Å². The molecule has 0 saturated carbocycles. The molecule has 0 amide bonds. The van der Waals surface area contributed by atoms with Gasteiger partial charge in [-0.25, -0.2) is 0 Å². The summed E-state index contributed by atoms with van der Waals surface area (Å²) in [7, 11) is 0. The Morgan fingerprint density at radius 3 is 2.12 bits per heavy atom. The SMILES string of the molecule is CC=COCCC(COC=CCC)=C(COC=CC)C(C)C(Cl)=C(Cl)Cl. The van der Waals surface area contributed by atoms with Gasteiger partial charge in [0.15, 0.2) is 0 Å². The maximum Gasteiger partial charge on any atom is 0.121 e. The highest BCUT2D eigenvalue weighted by molar-refractivity contribution is 6.59. The fourth-order valence-electron chi connectivity index (χ4n) is 2.07. The molecule has 3 nitrogen and oxygen atoms in total. The number of halogens is 3. The van der Waals surface area contributed by atoms with Crippen LogP contribution in [0.3, 0.4) is 0 Å². The number of hydrogen-bond donors (Lipinski definition) is 0. The molecule has 0 aliphatic rings. The van der Waals surface area contributed by atoms with Crippen LogP contribution in [0.1, 0.15) is 40.5 Å². The van der Waals surface area contributed by atoms with Gasteiger partial charge in [0.05, 0.1) is 30.4 Å². The van der Waals surface area contributed by atoms with Gasteiger partial charge in [-0.05, 0) is 31.4 Å². The Balaban J connectivity index is 5.59. The lowest BCUT2D eigenvalue weighted by Gasteiger charge is -2.21. The molecule has 0 aliphatic heterocycles. The highest BCUT2D eigenvalue weighted by atomic mass is 35.5. The number of rotatable bonds is 13. The zero-order valence-electron chi connectivity index (χ0n) is 15.9. The van der Waals surface area contributed by atoms with Crippen LogP contribution in [-0.2, 0) is 14.2 Å². The van der Waals surface area contributed by atoms with Crippen molar-refractivity contribution in [1.29, 1.82) is 0 Å². The maximum atomic E-state index is 6.30. The van der Waals surface area contributed by atoms with Crippen molar-refractivity contribution in [2.45, 2.75) is 40.5 Å². The minimum absolute atomic E-state index is 0.0546. The summed E-state index contributed by atoms with van der Waals surface area (Å²) in [6.07, 6.45) is 12.2. The van der Waals surface area contributed by atoms with Crippen molar-refractivity contribution in [2.24, 2.45) is 5.92 Å². The number of ether oxygens (including phenoxy) is 3. The molecule has 0 N–H and O–H groups in total. The molecule has 0 radical (unpaired) electrons. The first-order valence-electron chi connectivity index (χ1n) is 8.63. The molecular weight excluding hydrogens is 395 g/mol. The van der Waals surface area contributed by atoms with Gasteiger partial charge in [-0.15, -0.1) is 0 Å². The van der Waals surface area contributed by atoms with Crippen LogP contribution in [0.4, 0.5) is 0 Å². The van der Waals surface area contributed by atoms with Gasteiger partial charge in [0, 0.05) is 12.3 Å². The molecule has 0 aromatic heterocycles. The van der Waals surface area contributed by atoms with Crippen LogP contribution >= 0.6 is 34.8 Å². The van der Waals surface area contributed by atoms with Crippen molar-refractivity contribution < 1.29 is 14.2 Å². The first-order chi connectivity index (χ1) is 12.5. The van der Waals surface area contributed by atoms with Gasteiger partial charge in [-0.3, -0.25) is 0 Å². The molecule has 0 saturated heterocycles. The lowest BCUT2D eigenvalue weighted by molar-refractivity contribution is 0.228. The van der Waals surface area contributed by atoms with E-state index in [9.17, 15) is 0 Å². The van der Waals surface area contributed by atoms with E-state index in [1.165, 1.54) is 0 Å². The van der Waals surface area contributed by atoms with Gasteiger partial charge in [0.2, 0.25) is 0 Å². The molecule has 1 unspecified atom stereocenters. The van der Waals surface area contributed by atoms with Gasteiger partial charge in [-0.2, -0.15) is 0 Å². The Labute approximate surface area is 172 Å². The largest absolute Gasteiger partial charge is 0.501 e. The molecule has 0 aromatic rings. The summed E-state index contributed by atoms with van der Waals surface area (Å²) in [6.45, 7) is 9.08. The number of hydrogen-bond acceptors (Lipinski definition) is 3. The van der Waals surface area contributed by atoms with Crippen molar-refractivity contribution in [2.75, 3.05) is 19.8 Å². The van der Waals surface area contributed by atoms with Crippen molar-refractivity contribution in [3.8, 4) is 0 Å². The van der Waals surface area contributed by atoms with E-state index in [0.717, 1.165) is 17.6 Å². The molecule has 0 aromatic carbocycles. The van der Waals surface area contributed by atoms with Gasteiger partial charge in [0.25, 0.3) is 0 Å². The van der Waals surface area contributed by atoms with Crippen LogP contribution < -0.4 is 0 Å². The topological polar surface area (TPSA) is 27.7 Å². The van der Waals surface area contributed by atoms with Crippen LogP contribution in [0.15, 0.2) is 57.7 Å². The zero-order valence-corrected chi connectivity index (χ0v) is 18.2. The number of allylic oxidation sites excluding steroid dienone is 4. The third-order valence-corrected chi connectivity index (χ3v) is 4.57. The van der Waals surface area contributed by atoms with E-state index in [0.29, 0.717) is 31.3 Å². The smallest absolute Gasteiger partial charge is 0.121 e. The second-order valence-corrected chi connectivity index (χ2v) is 6.78. The van der Waals surface area contributed by atoms with Crippen molar-refractivity contribution in [1.82, 2.24) is 0 Å². The third kappa shape index (κ3) is 10.8. The van der Waals surface area contributed by atoms with Crippen molar-refractivity contribution in [3.63, 3.8) is 0 Å². The minimum atomic E-state index is -0.192. The molecular formula is C20H29Cl3O3. The molecule has 26 heavy (non-hydrogen) atoms. The molecule has 0 bridgehead atoms. The molecule has 148 valence electrons. The Bertz CT molecular complexity index is 530. The predicted octanol–water partition coefficient (Wildman–Crippen LogP) is 7.24. The maximum absolute atomic E-state index is 6.30. The van der Waals surface area contributed by atoms with E-state index in [2.05, 4.69) is 0 Å². The molecule has 0 heterocycles. The molecule has 0 aliphatic carbocycles. The summed E-state index contributed by atoms with van der Waals surface area (Å²) in [4.78, 5) is 0. The van der Waals surface area contributed by atoms with E-state index in [1.807, 2.05) is 45.9 Å². The van der Waals surface area contributed by atoms with Crippen LogP contribution in [0.5, 0.6) is 0 Å². The van der Waals surface area contributed by atoms with Crippen molar-refractivity contribution >= 4 is 34.8 Å². The van der Waals surface area contributed by atoms with Crippen LogP contribution in [-0.4, -0.2) is 19.8 Å². The summed E-state index contributed by atoms with van der Waals surface area (Å²) in [5.74, 6) is -0.192. The van der Waals surface area contributed by atoms with Crippen molar-refractivity contribution in [3.05, 3.63) is 57.7 Å². The lowest BCUT2D eigenvalue weighted by Crippen LogP contribution is -2.13. The van der Waals surface area contributed by atoms with Gasteiger partial charge in [-0.1, -0.05) is 66.9 Å². The molecule has 6 heteroatoms. The highest BCUT2D eigenvalue weighted by Gasteiger charge is 2.20. The Hall–Kier alpha value is -1.03. The summed E-state index contributed by atoms with van der Waals surface area (Å²) in [5, 5.41) is 0.378. The summed E-state index contributed by atoms with van der Waals surface area (Å²) in [5.41, 5.74) is 2.01. The molecule has 0 spiro atoms. The van der Waals surface area contributed by atoms with Crippen LogP contribution in [0.25, 0.3) is 0 Å². The fourth-order valence-corrected chi connectivity index (χ4v) is 2.53. The average molecular weight is 424 g/mol. The second kappa shape index (κ2) is 16.2. The standard InChI is InChI=1S/C20H29Cl3O3/c1-5-8-12-26-14-17(9-13-24-10-6-2)18(15-25-11-7-3)16(4)19(21)20(22)23/h6-8,10-12,16H,5,9,13-15H2,1-4H3. The third-order valence-electron chi connectivity index (χ3n) is 3.45. The Morgan fingerprint density at radius 2 is 1.54 bits per heavy atom. The first kappa shape index (κ1) is 25.0. The monoisotopic (exact) mass is 422 g/mol. The normalized spacial score (nSPS) is 14.0. The molecule has 1 atom stereocenters. The minimum Gasteiger partial charge on any atom is -0.501 e. The Morgan fingerprint density at radius 1 is 0.923 bits per heavy atom. The summed E-state index contributed by atoms with van der Waals surface area (Å²) >= 11 is 18.1. The van der Waals surface area contributed by atoms with E-state index in [4.69, 9.17) is 49.0 Å². The molecule has 0 fully saturated rings. The van der Waals surface area contributed by atoms with E-state index >= 15 is 0 Å². The van der Waals surface area contributed by atoms with Crippen LogP contribution in [0.2, 0.25) is 0 Å². The highest BCUT2D eigenvalue weighted by Crippen LogP contribution is 2.32. The van der Waals surface area contributed by atoms with Gasteiger partial charge >= 0.3 is 0 Å². The quantitative estimate of drug-likeness (QED) is 0.177. The van der Waals surface area contributed by atoms with Crippen LogP contribution in [0, 0.1) is 5.92 Å². The average Bonchev–Trinajstić information content (AvgIpc) is 2.63. The summed E-state index contributed by atoms with van der Waals surface area (Å²) < 4.78 is 16.8. The summed E-state index contributed by atoms with van der Waals surface area (Å²) in [6, 6.07) is 0. The molecule has 0 rings (SSSR count).